The number of carbonyl (C=O) groups is 1. The van der Waals surface area contributed by atoms with Crippen molar-refractivity contribution in [3.63, 3.8) is 0 Å². The molecule has 0 atom stereocenters. The van der Waals surface area contributed by atoms with Crippen LogP contribution in [0.2, 0.25) is 5.15 Å². The van der Waals surface area contributed by atoms with Crippen molar-refractivity contribution in [2.75, 3.05) is 50.4 Å². The van der Waals surface area contributed by atoms with Crippen LogP contribution in [-0.4, -0.2) is 55.6 Å². The number of piperazine rings is 1. The number of nitrogens with zero attached hydrogens (tertiary/aromatic N) is 3. The Morgan fingerprint density at radius 1 is 1.17 bits per heavy atom. The number of anilines is 2. The molecule has 0 radical (unpaired) electrons. The number of nitrogens with two attached hydrogens (primary N) is 1. The average molecular weight is 430 g/mol. The highest BCUT2D eigenvalue weighted by molar-refractivity contribution is 7.21. The van der Waals surface area contributed by atoms with Crippen LogP contribution in [0, 0.1) is 0 Å². The maximum Gasteiger partial charge on any atom is 0.263 e. The minimum absolute atomic E-state index is 0.171. The number of pyridine rings is 1. The van der Waals surface area contributed by atoms with E-state index in [9.17, 15) is 4.79 Å². The molecule has 0 aliphatic carbocycles. The van der Waals surface area contributed by atoms with E-state index in [-0.39, 0.29) is 5.91 Å². The summed E-state index contributed by atoms with van der Waals surface area (Å²) in [5, 5.41) is 4.12. The first-order chi connectivity index (χ1) is 14.0. The van der Waals surface area contributed by atoms with Gasteiger partial charge in [-0.25, -0.2) is 4.98 Å². The van der Waals surface area contributed by atoms with Crippen LogP contribution in [0.1, 0.15) is 15.2 Å². The predicted octanol–water partition coefficient (Wildman–Crippen LogP) is 3.26. The van der Waals surface area contributed by atoms with Gasteiger partial charge in [0.2, 0.25) is 0 Å². The first kappa shape index (κ1) is 19.9. The molecule has 6 nitrogen and oxygen atoms in total. The summed E-state index contributed by atoms with van der Waals surface area (Å²) in [6.07, 6.45) is 0.767. The van der Waals surface area contributed by atoms with Crippen LogP contribution in [0.15, 0.2) is 36.4 Å². The lowest BCUT2D eigenvalue weighted by Crippen LogP contribution is -2.44. The van der Waals surface area contributed by atoms with Crippen molar-refractivity contribution in [2.24, 2.45) is 0 Å². The summed E-state index contributed by atoms with van der Waals surface area (Å²) in [5.41, 5.74) is 9.04. The second kappa shape index (κ2) is 8.57. The van der Waals surface area contributed by atoms with Crippen LogP contribution in [0.3, 0.4) is 0 Å². The second-order valence-electron chi connectivity index (χ2n) is 7.29. The Kier molecular flexibility index (Phi) is 5.89. The number of rotatable bonds is 5. The lowest BCUT2D eigenvalue weighted by Gasteiger charge is -2.34. The van der Waals surface area contributed by atoms with Gasteiger partial charge in [-0.3, -0.25) is 4.79 Å². The lowest BCUT2D eigenvalue weighted by atomic mass is 10.1. The van der Waals surface area contributed by atoms with Gasteiger partial charge in [-0.2, -0.15) is 0 Å². The molecule has 2 aromatic heterocycles. The molecule has 0 saturated carbocycles. The van der Waals surface area contributed by atoms with Gasteiger partial charge >= 0.3 is 0 Å². The summed E-state index contributed by atoms with van der Waals surface area (Å²) in [4.78, 5) is 22.7. The number of fused-ring (bicyclic) bond motifs is 1. The van der Waals surface area contributed by atoms with Gasteiger partial charge in [-0.15, -0.1) is 11.3 Å². The van der Waals surface area contributed by atoms with Crippen molar-refractivity contribution in [2.45, 2.75) is 6.42 Å². The normalized spacial score (nSPS) is 15.0. The fraction of sp³-hybridized carbons (Fsp3) is 0.333. The zero-order chi connectivity index (χ0) is 20.4. The van der Waals surface area contributed by atoms with Gasteiger partial charge in [-0.1, -0.05) is 23.7 Å². The van der Waals surface area contributed by atoms with E-state index in [1.807, 2.05) is 0 Å². The number of nitrogen functional groups attached to an aromatic ring is 1. The van der Waals surface area contributed by atoms with E-state index in [4.69, 9.17) is 17.3 Å². The molecule has 3 heterocycles. The summed E-state index contributed by atoms with van der Waals surface area (Å²) in [7, 11) is 2.16. The number of aromatic nitrogens is 1. The zero-order valence-corrected chi connectivity index (χ0v) is 17.9. The molecule has 1 fully saturated rings. The van der Waals surface area contributed by atoms with Gasteiger partial charge in [0.1, 0.15) is 14.9 Å². The standard InChI is InChI=1S/C21H24ClN5OS/c1-26-10-12-27(13-11-26)15-4-2-14(3-5-15)8-9-24-20(28)19-18(23)16-6-7-17(22)25-21(16)29-19/h2-7H,8-13,23H2,1H3,(H,24,28). The van der Waals surface area contributed by atoms with E-state index >= 15 is 0 Å². The molecular weight excluding hydrogens is 406 g/mol. The summed E-state index contributed by atoms with van der Waals surface area (Å²) in [6.45, 7) is 4.85. The molecule has 1 aromatic carbocycles. The van der Waals surface area contributed by atoms with Gasteiger partial charge in [0.15, 0.2) is 0 Å². The number of benzene rings is 1. The molecule has 1 aliphatic rings. The van der Waals surface area contributed by atoms with Crippen molar-refractivity contribution >= 4 is 50.4 Å². The molecule has 1 aliphatic heterocycles. The van der Waals surface area contributed by atoms with E-state index < -0.39 is 0 Å². The summed E-state index contributed by atoms with van der Waals surface area (Å²) < 4.78 is 0. The molecular formula is C21H24ClN5OS. The third kappa shape index (κ3) is 4.47. The van der Waals surface area contributed by atoms with Crippen molar-refractivity contribution in [1.29, 1.82) is 0 Å². The predicted molar refractivity (Wildman–Crippen MR) is 121 cm³/mol. The fourth-order valence-corrected chi connectivity index (χ4v) is 4.69. The molecule has 8 heteroatoms. The number of hydrogen-bond donors (Lipinski definition) is 2. The van der Waals surface area contributed by atoms with Crippen LogP contribution >= 0.6 is 22.9 Å². The molecule has 0 unspecified atom stereocenters. The Morgan fingerprint density at radius 2 is 1.90 bits per heavy atom. The largest absolute Gasteiger partial charge is 0.397 e. The summed E-state index contributed by atoms with van der Waals surface area (Å²) >= 11 is 7.20. The van der Waals surface area contributed by atoms with Gasteiger partial charge in [0.05, 0.1) is 5.69 Å². The summed E-state index contributed by atoms with van der Waals surface area (Å²) in [6, 6.07) is 12.1. The van der Waals surface area contributed by atoms with Crippen molar-refractivity contribution in [3.05, 3.63) is 52.0 Å². The molecule has 3 N–H and O–H groups in total. The minimum Gasteiger partial charge on any atom is -0.397 e. The average Bonchev–Trinajstić information content (AvgIpc) is 3.05. The molecule has 0 bridgehead atoms. The van der Waals surface area contributed by atoms with Crippen LogP contribution < -0.4 is 16.0 Å². The number of nitrogens with one attached hydrogen (secondary N) is 1. The van der Waals surface area contributed by atoms with Crippen molar-refractivity contribution in [1.82, 2.24) is 15.2 Å². The van der Waals surface area contributed by atoms with E-state index in [2.05, 4.69) is 51.4 Å². The number of halogens is 1. The molecule has 4 rings (SSSR count). The number of likely N-dealkylation sites (N-methyl/N-ethyl adjacent to an activating group) is 1. The first-order valence-electron chi connectivity index (χ1n) is 9.66. The molecule has 152 valence electrons. The Bertz CT molecular complexity index is 1010. The van der Waals surface area contributed by atoms with E-state index in [1.54, 1.807) is 12.1 Å². The Labute approximate surface area is 179 Å². The highest BCUT2D eigenvalue weighted by atomic mass is 35.5. The Balaban J connectivity index is 1.33. The van der Waals surface area contributed by atoms with E-state index in [1.165, 1.54) is 22.6 Å². The van der Waals surface area contributed by atoms with Crippen LogP contribution in [0.4, 0.5) is 11.4 Å². The minimum atomic E-state index is -0.171. The zero-order valence-electron chi connectivity index (χ0n) is 16.3. The monoisotopic (exact) mass is 429 g/mol. The number of hydrogen-bond acceptors (Lipinski definition) is 6. The third-order valence-corrected chi connectivity index (χ3v) is 6.59. The molecule has 3 aromatic rings. The maximum absolute atomic E-state index is 12.5. The highest BCUT2D eigenvalue weighted by Gasteiger charge is 2.17. The SMILES string of the molecule is CN1CCN(c2ccc(CCNC(=O)c3sc4nc(Cl)ccc4c3N)cc2)CC1. The van der Waals surface area contributed by atoms with Gasteiger partial charge in [-0.05, 0) is 43.3 Å². The Morgan fingerprint density at radius 3 is 2.62 bits per heavy atom. The maximum atomic E-state index is 12.5. The fourth-order valence-electron chi connectivity index (χ4n) is 3.48. The van der Waals surface area contributed by atoms with Crippen LogP contribution in [-0.2, 0) is 6.42 Å². The number of amides is 1. The first-order valence-corrected chi connectivity index (χ1v) is 10.9. The van der Waals surface area contributed by atoms with Crippen LogP contribution in [0.5, 0.6) is 0 Å². The van der Waals surface area contributed by atoms with Crippen molar-refractivity contribution < 1.29 is 4.79 Å². The van der Waals surface area contributed by atoms with E-state index in [0.717, 1.165) is 38.0 Å². The quantitative estimate of drug-likeness (QED) is 0.609. The third-order valence-electron chi connectivity index (χ3n) is 5.27. The number of thiophene rings is 1. The van der Waals surface area contributed by atoms with E-state index in [0.29, 0.717) is 27.1 Å². The molecule has 29 heavy (non-hydrogen) atoms. The van der Waals surface area contributed by atoms with Crippen LogP contribution in [0.25, 0.3) is 10.2 Å². The second-order valence-corrected chi connectivity index (χ2v) is 8.68. The Hall–Kier alpha value is -2.35. The smallest absolute Gasteiger partial charge is 0.263 e. The van der Waals surface area contributed by atoms with Gasteiger partial charge < -0.3 is 20.9 Å². The topological polar surface area (TPSA) is 74.5 Å². The highest BCUT2D eigenvalue weighted by Crippen LogP contribution is 2.33. The van der Waals surface area contributed by atoms with Crippen molar-refractivity contribution in [3.8, 4) is 0 Å². The number of carbonyl (C=O) groups excluding carboxylic acids is 1. The van der Waals surface area contributed by atoms with Gasteiger partial charge in [0.25, 0.3) is 5.91 Å². The lowest BCUT2D eigenvalue weighted by molar-refractivity contribution is 0.0959. The van der Waals surface area contributed by atoms with Gasteiger partial charge in [0, 0.05) is 43.8 Å². The molecule has 1 saturated heterocycles. The molecule has 0 spiro atoms. The summed E-state index contributed by atoms with van der Waals surface area (Å²) in [5.74, 6) is -0.171. The molecule has 1 amide bonds.